The monoisotopic (exact) mass is 414 g/mol. The van der Waals surface area contributed by atoms with E-state index >= 15 is 0 Å². The first-order valence-electron chi connectivity index (χ1n) is 11.3. The van der Waals surface area contributed by atoms with Crippen molar-refractivity contribution in [2.45, 2.75) is 76.9 Å². The molecule has 3 rings (SSSR count). The highest BCUT2D eigenvalue weighted by Gasteiger charge is 2.45. The van der Waals surface area contributed by atoms with Gasteiger partial charge in [0.1, 0.15) is 5.54 Å². The summed E-state index contributed by atoms with van der Waals surface area (Å²) in [7, 11) is 4.03. The van der Waals surface area contributed by atoms with E-state index in [-0.39, 0.29) is 17.9 Å². The molecule has 2 aliphatic rings. The summed E-state index contributed by atoms with van der Waals surface area (Å²) >= 11 is 0. The van der Waals surface area contributed by atoms with Gasteiger partial charge < -0.3 is 10.6 Å². The third-order valence-corrected chi connectivity index (χ3v) is 7.21. The molecule has 0 radical (unpaired) electrons. The molecule has 0 spiro atoms. The van der Waals surface area contributed by atoms with E-state index in [0.717, 1.165) is 55.6 Å². The second-order valence-corrected chi connectivity index (χ2v) is 9.34. The summed E-state index contributed by atoms with van der Waals surface area (Å²) in [6.07, 6.45) is 6.14. The highest BCUT2D eigenvalue weighted by atomic mass is 16.2. The number of hydrogen-bond acceptors (Lipinski definition) is 4. The van der Waals surface area contributed by atoms with Crippen molar-refractivity contribution < 1.29 is 9.59 Å². The average molecular weight is 415 g/mol. The molecule has 2 fully saturated rings. The molecule has 166 valence electrons. The molecule has 1 heterocycles. The van der Waals surface area contributed by atoms with Crippen LogP contribution in [0.4, 0.5) is 5.69 Å². The molecule has 0 aromatic heterocycles. The van der Waals surface area contributed by atoms with Gasteiger partial charge in [-0.05, 0) is 64.8 Å². The lowest BCUT2D eigenvalue weighted by Crippen LogP contribution is -2.63. The molecule has 6 nitrogen and oxygen atoms in total. The number of hydrogen-bond donors (Lipinski definition) is 2. The van der Waals surface area contributed by atoms with E-state index < -0.39 is 5.54 Å². The summed E-state index contributed by atoms with van der Waals surface area (Å²) in [5.74, 6) is 0.145. The Morgan fingerprint density at radius 3 is 2.23 bits per heavy atom. The number of carbonyl (C=O) groups is 2. The molecule has 1 aliphatic heterocycles. The summed E-state index contributed by atoms with van der Waals surface area (Å²) in [5, 5.41) is 6.41. The number of rotatable bonds is 5. The maximum absolute atomic E-state index is 13.5. The zero-order valence-electron chi connectivity index (χ0n) is 19.3. The number of piperidine rings is 1. The Hall–Kier alpha value is -1.92. The number of likely N-dealkylation sites (N-methyl/N-ethyl adjacent to an activating group) is 1. The van der Waals surface area contributed by atoms with Gasteiger partial charge in [0, 0.05) is 37.8 Å². The molecule has 2 amide bonds. The molecule has 1 saturated heterocycles. The van der Waals surface area contributed by atoms with Crippen molar-refractivity contribution >= 4 is 17.5 Å². The SMILES string of the molecule is CC(=O)N[C@@H]1CCCC[C@H]1N1CCC(C(=O)Nc2c(C)cccc2C)(N(C)C)CC1. The van der Waals surface area contributed by atoms with Gasteiger partial charge >= 0.3 is 0 Å². The van der Waals surface area contributed by atoms with Crippen LogP contribution in [0.5, 0.6) is 0 Å². The van der Waals surface area contributed by atoms with E-state index in [1.807, 2.05) is 46.1 Å². The number of para-hydroxylation sites is 1. The number of nitrogens with one attached hydrogen (secondary N) is 2. The Kier molecular flexibility index (Phi) is 7.19. The number of likely N-dealkylation sites (tertiary alicyclic amines) is 1. The van der Waals surface area contributed by atoms with Crippen molar-refractivity contribution in [2.24, 2.45) is 0 Å². The van der Waals surface area contributed by atoms with E-state index in [1.54, 1.807) is 6.92 Å². The van der Waals surface area contributed by atoms with Crippen molar-refractivity contribution in [1.29, 1.82) is 0 Å². The van der Waals surface area contributed by atoms with Crippen molar-refractivity contribution in [1.82, 2.24) is 15.1 Å². The Balaban J connectivity index is 1.72. The van der Waals surface area contributed by atoms with Crippen molar-refractivity contribution in [2.75, 3.05) is 32.5 Å². The lowest BCUT2D eigenvalue weighted by atomic mass is 9.82. The van der Waals surface area contributed by atoms with Gasteiger partial charge in [0.15, 0.2) is 0 Å². The number of nitrogens with zero attached hydrogens (tertiary/aromatic N) is 2. The van der Waals surface area contributed by atoms with E-state index in [1.165, 1.54) is 12.8 Å². The van der Waals surface area contributed by atoms with E-state index in [0.29, 0.717) is 6.04 Å². The summed E-state index contributed by atoms with van der Waals surface area (Å²) < 4.78 is 0. The first kappa shape index (κ1) is 22.8. The van der Waals surface area contributed by atoms with Gasteiger partial charge in [-0.2, -0.15) is 0 Å². The lowest BCUT2D eigenvalue weighted by molar-refractivity contribution is -0.130. The van der Waals surface area contributed by atoms with Gasteiger partial charge in [-0.3, -0.25) is 19.4 Å². The van der Waals surface area contributed by atoms with Crippen LogP contribution in [0.1, 0.15) is 56.6 Å². The van der Waals surface area contributed by atoms with E-state index in [4.69, 9.17) is 0 Å². The average Bonchev–Trinajstić information content (AvgIpc) is 2.70. The predicted molar refractivity (Wildman–Crippen MR) is 122 cm³/mol. The van der Waals surface area contributed by atoms with Gasteiger partial charge in [-0.1, -0.05) is 31.0 Å². The van der Waals surface area contributed by atoms with Gasteiger partial charge in [0.05, 0.1) is 0 Å². The van der Waals surface area contributed by atoms with Crippen molar-refractivity contribution in [3.8, 4) is 0 Å². The maximum atomic E-state index is 13.5. The fraction of sp³-hybridized carbons (Fsp3) is 0.667. The van der Waals surface area contributed by atoms with Crippen LogP contribution in [0.25, 0.3) is 0 Å². The number of benzene rings is 1. The smallest absolute Gasteiger partial charge is 0.244 e. The van der Waals surface area contributed by atoms with Gasteiger partial charge in [-0.25, -0.2) is 0 Å². The Bertz CT molecular complexity index is 748. The molecule has 1 aromatic rings. The standard InChI is InChI=1S/C24H38N4O2/c1-17-9-8-10-18(2)22(17)26-23(30)24(27(4)5)13-15-28(16-14-24)21-12-7-6-11-20(21)25-19(3)29/h8-10,20-21H,6-7,11-16H2,1-5H3,(H,25,29)(H,26,30)/t20-,21-/m1/s1. The summed E-state index contributed by atoms with van der Waals surface area (Å²) in [4.78, 5) is 29.8. The van der Waals surface area contributed by atoms with Crippen LogP contribution in [0.3, 0.4) is 0 Å². The normalized spacial score (nSPS) is 24.5. The van der Waals surface area contributed by atoms with E-state index in [2.05, 4.69) is 20.4 Å². The first-order chi connectivity index (χ1) is 14.2. The number of aryl methyl sites for hydroxylation is 2. The lowest BCUT2D eigenvalue weighted by Gasteiger charge is -2.49. The topological polar surface area (TPSA) is 64.7 Å². The van der Waals surface area contributed by atoms with Crippen LogP contribution < -0.4 is 10.6 Å². The molecule has 2 N–H and O–H groups in total. The zero-order valence-corrected chi connectivity index (χ0v) is 19.3. The van der Waals surface area contributed by atoms with Crippen molar-refractivity contribution in [3.05, 3.63) is 29.3 Å². The van der Waals surface area contributed by atoms with Gasteiger partial charge in [-0.15, -0.1) is 0 Å². The Morgan fingerprint density at radius 2 is 1.67 bits per heavy atom. The molecule has 30 heavy (non-hydrogen) atoms. The molecule has 6 heteroatoms. The molecule has 1 aromatic carbocycles. The number of anilines is 1. The maximum Gasteiger partial charge on any atom is 0.244 e. The highest BCUT2D eigenvalue weighted by molar-refractivity contribution is 5.99. The molecule has 1 saturated carbocycles. The quantitative estimate of drug-likeness (QED) is 0.777. The summed E-state index contributed by atoms with van der Waals surface area (Å²) in [6, 6.07) is 6.71. The van der Waals surface area contributed by atoms with Crippen LogP contribution >= 0.6 is 0 Å². The fourth-order valence-electron chi connectivity index (χ4n) is 5.32. The third-order valence-electron chi connectivity index (χ3n) is 7.21. The summed E-state index contributed by atoms with van der Waals surface area (Å²) in [5.41, 5.74) is 2.61. The fourth-order valence-corrected chi connectivity index (χ4v) is 5.32. The van der Waals surface area contributed by atoms with E-state index in [9.17, 15) is 9.59 Å². The number of carbonyl (C=O) groups excluding carboxylic acids is 2. The van der Waals surface area contributed by atoms with Crippen LogP contribution in [0.2, 0.25) is 0 Å². The number of amides is 2. The van der Waals surface area contributed by atoms with Gasteiger partial charge in [0.25, 0.3) is 0 Å². The molecular formula is C24H38N4O2. The molecule has 2 atom stereocenters. The second kappa shape index (κ2) is 9.48. The van der Waals surface area contributed by atoms with Gasteiger partial charge in [0.2, 0.25) is 11.8 Å². The zero-order chi connectivity index (χ0) is 21.9. The van der Waals surface area contributed by atoms with Crippen molar-refractivity contribution in [3.63, 3.8) is 0 Å². The highest BCUT2D eigenvalue weighted by Crippen LogP contribution is 2.33. The largest absolute Gasteiger partial charge is 0.352 e. The summed E-state index contributed by atoms with van der Waals surface area (Å²) in [6.45, 7) is 7.44. The Morgan fingerprint density at radius 1 is 1.07 bits per heavy atom. The minimum Gasteiger partial charge on any atom is -0.352 e. The molecular weight excluding hydrogens is 376 g/mol. The molecule has 0 bridgehead atoms. The van der Waals surface area contributed by atoms with Crippen LogP contribution in [0, 0.1) is 13.8 Å². The van der Waals surface area contributed by atoms with Crippen LogP contribution in [-0.2, 0) is 9.59 Å². The second-order valence-electron chi connectivity index (χ2n) is 9.34. The predicted octanol–water partition coefficient (Wildman–Crippen LogP) is 3.09. The minimum atomic E-state index is -0.511. The van der Waals surface area contributed by atoms with Crippen LogP contribution in [0.15, 0.2) is 18.2 Å². The van der Waals surface area contributed by atoms with Crippen LogP contribution in [-0.4, -0.2) is 66.4 Å². The molecule has 0 unspecified atom stereocenters. The third kappa shape index (κ3) is 4.70. The minimum absolute atomic E-state index is 0.0551. The Labute approximate surface area is 181 Å². The first-order valence-corrected chi connectivity index (χ1v) is 11.3. The molecule has 1 aliphatic carbocycles.